The summed E-state index contributed by atoms with van der Waals surface area (Å²) in [6.07, 6.45) is 0. The second-order valence-electron chi connectivity index (χ2n) is 6.45. The number of aromatic nitrogens is 3. The van der Waals surface area contributed by atoms with Crippen molar-refractivity contribution in [1.29, 1.82) is 0 Å². The Bertz CT molecular complexity index is 1060. The molecule has 0 fully saturated rings. The molecule has 30 heavy (non-hydrogen) atoms. The molecule has 10 heteroatoms. The summed E-state index contributed by atoms with van der Waals surface area (Å²) in [4.78, 5) is 24.8. The first kappa shape index (κ1) is 20.6. The van der Waals surface area contributed by atoms with Crippen LogP contribution in [-0.4, -0.2) is 41.0 Å². The van der Waals surface area contributed by atoms with Gasteiger partial charge in [-0.05, 0) is 24.6 Å². The Morgan fingerprint density at radius 3 is 2.37 bits per heavy atom. The highest BCUT2D eigenvalue weighted by Gasteiger charge is 2.19. The molecular formula is C20H22N6O4. The molecule has 10 nitrogen and oxygen atoms in total. The highest BCUT2D eigenvalue weighted by Crippen LogP contribution is 2.26. The quantitative estimate of drug-likeness (QED) is 0.543. The fourth-order valence-corrected chi connectivity index (χ4v) is 2.73. The first-order chi connectivity index (χ1) is 14.4. The van der Waals surface area contributed by atoms with Crippen LogP contribution in [0.3, 0.4) is 0 Å². The molecule has 0 saturated heterocycles. The van der Waals surface area contributed by atoms with Crippen LogP contribution in [0.4, 0.5) is 17.2 Å². The molecule has 1 aromatic heterocycles. The lowest BCUT2D eigenvalue weighted by atomic mass is 10.2. The zero-order valence-corrected chi connectivity index (χ0v) is 16.8. The molecule has 0 aliphatic carbocycles. The molecule has 3 aromatic rings. The number of aryl methyl sites for hydroxylation is 1. The Balaban J connectivity index is 1.70. The predicted molar refractivity (Wildman–Crippen MR) is 112 cm³/mol. The molecule has 0 unspecified atom stereocenters. The largest absolute Gasteiger partial charge is 0.497 e. The van der Waals surface area contributed by atoms with E-state index in [0.717, 1.165) is 10.2 Å². The minimum absolute atomic E-state index is 0.0262. The van der Waals surface area contributed by atoms with Crippen molar-refractivity contribution in [3.05, 3.63) is 53.7 Å². The standard InChI is InChI=1S/C20H22N6O4/c1-12-5-4-6-13(7-12)22-17(27)11-26-19(21)18(24-25-26)20(28)23-14-8-15(29-2)10-16(9-14)30-3/h4-10H,11,21H2,1-3H3,(H,22,27)(H,23,28). The molecule has 1 heterocycles. The van der Waals surface area contributed by atoms with E-state index in [2.05, 4.69) is 20.9 Å². The molecule has 2 amide bonds. The van der Waals surface area contributed by atoms with Crippen molar-refractivity contribution in [3.8, 4) is 11.5 Å². The Kier molecular flexibility index (Phi) is 6.16. The highest BCUT2D eigenvalue weighted by molar-refractivity contribution is 6.06. The summed E-state index contributed by atoms with van der Waals surface area (Å²) in [7, 11) is 3.01. The van der Waals surface area contributed by atoms with Crippen LogP contribution in [0.5, 0.6) is 11.5 Å². The maximum Gasteiger partial charge on any atom is 0.280 e. The average molecular weight is 410 g/mol. The molecule has 3 rings (SSSR count). The second-order valence-corrected chi connectivity index (χ2v) is 6.45. The van der Waals surface area contributed by atoms with Gasteiger partial charge in [-0.2, -0.15) is 0 Å². The van der Waals surface area contributed by atoms with Gasteiger partial charge in [0.2, 0.25) is 5.91 Å². The van der Waals surface area contributed by atoms with E-state index in [1.165, 1.54) is 14.2 Å². The number of amides is 2. The zero-order chi connectivity index (χ0) is 21.7. The second kappa shape index (κ2) is 8.95. The first-order valence-corrected chi connectivity index (χ1v) is 8.99. The minimum atomic E-state index is -0.576. The van der Waals surface area contributed by atoms with Gasteiger partial charge in [0.1, 0.15) is 18.0 Å². The lowest BCUT2D eigenvalue weighted by Gasteiger charge is -2.09. The van der Waals surface area contributed by atoms with Crippen LogP contribution in [0.25, 0.3) is 0 Å². The van der Waals surface area contributed by atoms with Crippen molar-refractivity contribution in [3.63, 3.8) is 0 Å². The number of nitrogen functional groups attached to an aromatic ring is 1. The molecule has 2 aromatic carbocycles. The monoisotopic (exact) mass is 410 g/mol. The smallest absolute Gasteiger partial charge is 0.280 e. The summed E-state index contributed by atoms with van der Waals surface area (Å²) in [5.41, 5.74) is 7.99. The van der Waals surface area contributed by atoms with E-state index in [9.17, 15) is 9.59 Å². The van der Waals surface area contributed by atoms with Gasteiger partial charge in [0.15, 0.2) is 11.5 Å². The number of anilines is 3. The van der Waals surface area contributed by atoms with Crippen molar-refractivity contribution in [2.45, 2.75) is 13.5 Å². The van der Waals surface area contributed by atoms with Gasteiger partial charge in [-0.1, -0.05) is 17.3 Å². The minimum Gasteiger partial charge on any atom is -0.497 e. The Labute approximate surface area is 173 Å². The summed E-state index contributed by atoms with van der Waals surface area (Å²) >= 11 is 0. The third kappa shape index (κ3) is 4.85. The topological polar surface area (TPSA) is 133 Å². The maximum absolute atomic E-state index is 12.6. The van der Waals surface area contributed by atoms with Gasteiger partial charge >= 0.3 is 0 Å². The number of carbonyl (C=O) groups is 2. The van der Waals surface area contributed by atoms with Crippen LogP contribution < -0.4 is 25.8 Å². The Hall–Kier alpha value is -4.08. The summed E-state index contributed by atoms with van der Waals surface area (Å²) in [6, 6.07) is 12.3. The SMILES string of the molecule is COc1cc(NC(=O)c2nnn(CC(=O)Nc3cccc(C)c3)c2N)cc(OC)c1. The van der Waals surface area contributed by atoms with Crippen molar-refractivity contribution < 1.29 is 19.1 Å². The molecule has 0 radical (unpaired) electrons. The van der Waals surface area contributed by atoms with E-state index in [1.54, 1.807) is 24.3 Å². The van der Waals surface area contributed by atoms with E-state index < -0.39 is 5.91 Å². The van der Waals surface area contributed by atoms with Gasteiger partial charge in [-0.25, -0.2) is 4.68 Å². The van der Waals surface area contributed by atoms with E-state index in [0.29, 0.717) is 22.9 Å². The fraction of sp³-hybridized carbons (Fsp3) is 0.200. The number of methoxy groups -OCH3 is 2. The van der Waals surface area contributed by atoms with E-state index >= 15 is 0 Å². The number of rotatable bonds is 7. The molecule has 4 N–H and O–H groups in total. The van der Waals surface area contributed by atoms with Crippen molar-refractivity contribution in [1.82, 2.24) is 15.0 Å². The third-order valence-electron chi connectivity index (χ3n) is 4.19. The van der Waals surface area contributed by atoms with Gasteiger partial charge in [0.05, 0.1) is 14.2 Å². The van der Waals surface area contributed by atoms with Gasteiger partial charge in [-0.3, -0.25) is 9.59 Å². The lowest BCUT2D eigenvalue weighted by Crippen LogP contribution is -2.21. The molecule has 156 valence electrons. The van der Waals surface area contributed by atoms with Crippen molar-refractivity contribution in [2.75, 3.05) is 30.6 Å². The van der Waals surface area contributed by atoms with Gasteiger partial charge in [0.25, 0.3) is 5.91 Å². The van der Waals surface area contributed by atoms with Crippen LogP contribution >= 0.6 is 0 Å². The van der Waals surface area contributed by atoms with Crippen LogP contribution in [0.2, 0.25) is 0 Å². The molecule has 0 aliphatic rings. The Morgan fingerprint density at radius 1 is 1.03 bits per heavy atom. The fourth-order valence-electron chi connectivity index (χ4n) is 2.73. The first-order valence-electron chi connectivity index (χ1n) is 8.99. The van der Waals surface area contributed by atoms with Gasteiger partial charge in [0, 0.05) is 29.6 Å². The number of benzene rings is 2. The molecule has 0 bridgehead atoms. The maximum atomic E-state index is 12.6. The van der Waals surface area contributed by atoms with Gasteiger partial charge < -0.3 is 25.8 Å². The van der Waals surface area contributed by atoms with Gasteiger partial charge in [-0.15, -0.1) is 5.10 Å². The normalized spacial score (nSPS) is 10.4. The molecule has 0 atom stereocenters. The van der Waals surface area contributed by atoms with Crippen molar-refractivity contribution in [2.24, 2.45) is 0 Å². The van der Waals surface area contributed by atoms with E-state index in [1.807, 2.05) is 25.1 Å². The predicted octanol–water partition coefficient (Wildman–Crippen LogP) is 2.08. The number of hydrogen-bond donors (Lipinski definition) is 3. The number of nitrogens with two attached hydrogens (primary N) is 1. The average Bonchev–Trinajstić information content (AvgIpc) is 3.07. The van der Waals surface area contributed by atoms with E-state index in [-0.39, 0.29) is 24.0 Å². The number of ether oxygens (including phenoxy) is 2. The molecule has 0 aliphatic heterocycles. The molecule has 0 spiro atoms. The van der Waals surface area contributed by atoms with E-state index in [4.69, 9.17) is 15.2 Å². The third-order valence-corrected chi connectivity index (χ3v) is 4.19. The summed E-state index contributed by atoms with van der Waals surface area (Å²) in [5, 5.41) is 13.0. The van der Waals surface area contributed by atoms with Crippen molar-refractivity contribution >= 4 is 29.0 Å². The Morgan fingerprint density at radius 2 is 1.73 bits per heavy atom. The van der Waals surface area contributed by atoms with Crippen LogP contribution in [0, 0.1) is 6.92 Å². The molecular weight excluding hydrogens is 388 g/mol. The summed E-state index contributed by atoms with van der Waals surface area (Å²) in [5.74, 6) is 0.0692. The van der Waals surface area contributed by atoms with Crippen LogP contribution in [-0.2, 0) is 11.3 Å². The molecule has 0 saturated carbocycles. The van der Waals surface area contributed by atoms with Crippen LogP contribution in [0.1, 0.15) is 16.1 Å². The summed E-state index contributed by atoms with van der Waals surface area (Å²) in [6.45, 7) is 1.74. The van der Waals surface area contributed by atoms with Crippen LogP contribution in [0.15, 0.2) is 42.5 Å². The summed E-state index contributed by atoms with van der Waals surface area (Å²) < 4.78 is 11.5. The number of nitrogens with zero attached hydrogens (tertiary/aromatic N) is 3. The number of hydrogen-bond acceptors (Lipinski definition) is 7. The number of carbonyl (C=O) groups excluding carboxylic acids is 2. The highest BCUT2D eigenvalue weighted by atomic mass is 16.5. The number of nitrogens with one attached hydrogen (secondary N) is 2. The zero-order valence-electron chi connectivity index (χ0n) is 16.8. The lowest BCUT2D eigenvalue weighted by molar-refractivity contribution is -0.116.